The molecular weight excluding hydrogens is 364 g/mol. The van der Waals surface area contributed by atoms with Crippen LogP contribution in [0.2, 0.25) is 0 Å². The Labute approximate surface area is 168 Å². The van der Waals surface area contributed by atoms with Crippen molar-refractivity contribution in [2.75, 3.05) is 5.32 Å². The van der Waals surface area contributed by atoms with Gasteiger partial charge in [0.2, 0.25) is 5.88 Å². The second kappa shape index (κ2) is 7.43. The summed E-state index contributed by atoms with van der Waals surface area (Å²) in [5, 5.41) is 13.8. The van der Waals surface area contributed by atoms with Crippen LogP contribution in [-0.4, -0.2) is 10.1 Å². The molecule has 2 N–H and O–H groups in total. The molecule has 0 aliphatic heterocycles. The van der Waals surface area contributed by atoms with Crippen LogP contribution in [0.15, 0.2) is 70.0 Å². The molecule has 5 nitrogen and oxygen atoms in total. The van der Waals surface area contributed by atoms with Crippen LogP contribution < -0.4 is 10.7 Å². The Morgan fingerprint density at radius 1 is 1.07 bits per heavy atom. The predicted octanol–water partition coefficient (Wildman–Crippen LogP) is 5.35. The number of benzene rings is 2. The minimum Gasteiger partial charge on any atom is -0.492 e. The highest BCUT2D eigenvalue weighted by Crippen LogP contribution is 2.33. The molecule has 2 heterocycles. The van der Waals surface area contributed by atoms with E-state index in [1.165, 1.54) is 6.20 Å². The maximum absolute atomic E-state index is 13.1. The molecule has 4 aromatic rings. The van der Waals surface area contributed by atoms with Gasteiger partial charge >= 0.3 is 0 Å². The highest BCUT2D eigenvalue weighted by molar-refractivity contribution is 5.84. The first-order valence-corrected chi connectivity index (χ1v) is 9.49. The highest BCUT2D eigenvalue weighted by atomic mass is 16.3. The SMILES string of the molecule is Cc1cc([C@@H](C)Nc2cccnc2O)c2oc(-c3ccccc3)c(C)c(=O)c2c1. The smallest absolute Gasteiger partial charge is 0.234 e. The van der Waals surface area contributed by atoms with Gasteiger partial charge < -0.3 is 14.8 Å². The third-order valence-electron chi connectivity index (χ3n) is 5.05. The fourth-order valence-corrected chi connectivity index (χ4v) is 3.57. The summed E-state index contributed by atoms with van der Waals surface area (Å²) < 4.78 is 6.32. The second-order valence-electron chi connectivity index (χ2n) is 7.22. The number of pyridine rings is 1. The lowest BCUT2D eigenvalue weighted by atomic mass is 9.99. The van der Waals surface area contributed by atoms with Crippen molar-refractivity contribution in [1.82, 2.24) is 4.98 Å². The lowest BCUT2D eigenvalue weighted by molar-refractivity contribution is 0.455. The zero-order valence-corrected chi connectivity index (χ0v) is 16.6. The van der Waals surface area contributed by atoms with Crippen LogP contribution in [0.5, 0.6) is 5.88 Å². The third kappa shape index (κ3) is 3.47. The molecule has 4 rings (SSSR count). The fourth-order valence-electron chi connectivity index (χ4n) is 3.57. The summed E-state index contributed by atoms with van der Waals surface area (Å²) in [6.07, 6.45) is 1.53. The number of aromatic hydroxyl groups is 1. The van der Waals surface area contributed by atoms with E-state index in [1.807, 2.05) is 56.3 Å². The summed E-state index contributed by atoms with van der Waals surface area (Å²) in [6, 6.07) is 16.8. The van der Waals surface area contributed by atoms with Crippen molar-refractivity contribution in [3.05, 3.63) is 87.7 Å². The zero-order valence-electron chi connectivity index (χ0n) is 16.6. The van der Waals surface area contributed by atoms with Gasteiger partial charge in [-0.25, -0.2) is 4.98 Å². The Bertz CT molecular complexity index is 1250. The molecule has 0 spiro atoms. The van der Waals surface area contributed by atoms with E-state index >= 15 is 0 Å². The Kier molecular flexibility index (Phi) is 4.80. The number of fused-ring (bicyclic) bond motifs is 1. The Morgan fingerprint density at radius 3 is 2.55 bits per heavy atom. The van der Waals surface area contributed by atoms with Crippen LogP contribution in [-0.2, 0) is 0 Å². The topological polar surface area (TPSA) is 75.4 Å². The minimum atomic E-state index is -0.220. The zero-order chi connectivity index (χ0) is 20.5. The molecule has 29 heavy (non-hydrogen) atoms. The van der Waals surface area contributed by atoms with E-state index in [9.17, 15) is 9.90 Å². The summed E-state index contributed by atoms with van der Waals surface area (Å²) in [5.41, 5.74) is 4.30. The van der Waals surface area contributed by atoms with Crippen LogP contribution in [0.25, 0.3) is 22.3 Å². The molecule has 0 saturated heterocycles. The van der Waals surface area contributed by atoms with Crippen molar-refractivity contribution >= 4 is 16.7 Å². The van der Waals surface area contributed by atoms with Crippen molar-refractivity contribution in [3.63, 3.8) is 0 Å². The monoisotopic (exact) mass is 386 g/mol. The van der Waals surface area contributed by atoms with E-state index in [-0.39, 0.29) is 17.4 Å². The minimum absolute atomic E-state index is 0.0357. The number of nitrogens with zero attached hydrogens (tertiary/aromatic N) is 1. The summed E-state index contributed by atoms with van der Waals surface area (Å²) in [7, 11) is 0. The Morgan fingerprint density at radius 2 is 1.83 bits per heavy atom. The third-order valence-corrected chi connectivity index (χ3v) is 5.05. The van der Waals surface area contributed by atoms with E-state index in [0.717, 1.165) is 16.7 Å². The molecule has 0 aliphatic rings. The van der Waals surface area contributed by atoms with Crippen molar-refractivity contribution in [2.45, 2.75) is 26.8 Å². The second-order valence-corrected chi connectivity index (χ2v) is 7.22. The summed E-state index contributed by atoms with van der Waals surface area (Å²) in [6.45, 7) is 5.71. The quantitative estimate of drug-likeness (QED) is 0.494. The number of aromatic nitrogens is 1. The molecule has 2 aromatic heterocycles. The summed E-state index contributed by atoms with van der Waals surface area (Å²) >= 11 is 0. The molecule has 2 aromatic carbocycles. The van der Waals surface area contributed by atoms with Gasteiger partial charge in [-0.3, -0.25) is 4.79 Å². The van der Waals surface area contributed by atoms with Crippen molar-refractivity contribution < 1.29 is 9.52 Å². The molecular formula is C24H22N2O3. The Hall–Kier alpha value is -3.60. The van der Waals surface area contributed by atoms with Gasteiger partial charge in [0, 0.05) is 22.9 Å². The number of hydrogen-bond donors (Lipinski definition) is 2. The molecule has 1 atom stereocenters. The van der Waals surface area contributed by atoms with E-state index in [2.05, 4.69) is 10.3 Å². The lowest BCUT2D eigenvalue weighted by Gasteiger charge is -2.19. The van der Waals surface area contributed by atoms with Gasteiger partial charge in [-0.1, -0.05) is 36.4 Å². The first-order chi connectivity index (χ1) is 14.0. The van der Waals surface area contributed by atoms with Gasteiger partial charge in [0.15, 0.2) is 5.43 Å². The van der Waals surface area contributed by atoms with E-state index in [4.69, 9.17) is 4.42 Å². The molecule has 0 fully saturated rings. The number of aryl methyl sites for hydroxylation is 1. The molecule has 146 valence electrons. The predicted molar refractivity (Wildman–Crippen MR) is 115 cm³/mol. The molecule has 0 unspecified atom stereocenters. The molecule has 0 bridgehead atoms. The first kappa shape index (κ1) is 18.7. The molecule has 0 amide bonds. The van der Waals surface area contributed by atoms with Crippen molar-refractivity contribution in [3.8, 4) is 17.2 Å². The standard InChI is InChI=1S/C24H22N2O3/c1-14-12-18(16(3)26-20-10-7-11-25-24(20)28)23-19(13-14)21(27)15(2)22(29-23)17-8-5-4-6-9-17/h4-13,16,26H,1-3H3,(H,25,28)/t16-/m1/s1. The van der Waals surface area contributed by atoms with Crippen LogP contribution in [0.1, 0.15) is 29.7 Å². The largest absolute Gasteiger partial charge is 0.492 e. The first-order valence-electron chi connectivity index (χ1n) is 9.49. The highest BCUT2D eigenvalue weighted by Gasteiger charge is 2.19. The maximum Gasteiger partial charge on any atom is 0.234 e. The van der Waals surface area contributed by atoms with Gasteiger partial charge in [0.05, 0.1) is 17.1 Å². The van der Waals surface area contributed by atoms with Gasteiger partial charge in [-0.05, 0) is 44.5 Å². The van der Waals surface area contributed by atoms with Crippen LogP contribution in [0, 0.1) is 13.8 Å². The average molecular weight is 386 g/mol. The summed E-state index contributed by atoms with van der Waals surface area (Å²) in [4.78, 5) is 17.0. The molecule has 0 saturated carbocycles. The Balaban J connectivity index is 1.91. The molecule has 0 radical (unpaired) electrons. The number of rotatable bonds is 4. The molecule has 5 heteroatoms. The van der Waals surface area contributed by atoms with Crippen LogP contribution in [0.3, 0.4) is 0 Å². The average Bonchev–Trinajstić information content (AvgIpc) is 2.72. The van der Waals surface area contributed by atoms with E-state index in [0.29, 0.717) is 28.0 Å². The maximum atomic E-state index is 13.1. The normalized spacial score (nSPS) is 12.1. The van der Waals surface area contributed by atoms with E-state index in [1.54, 1.807) is 19.1 Å². The fraction of sp³-hybridized carbons (Fsp3) is 0.167. The number of hydrogen-bond acceptors (Lipinski definition) is 5. The van der Waals surface area contributed by atoms with Gasteiger partial charge in [-0.15, -0.1) is 0 Å². The van der Waals surface area contributed by atoms with E-state index < -0.39 is 0 Å². The molecule has 0 aliphatic carbocycles. The van der Waals surface area contributed by atoms with Gasteiger partial charge in [0.1, 0.15) is 11.3 Å². The van der Waals surface area contributed by atoms with Gasteiger partial charge in [-0.2, -0.15) is 0 Å². The van der Waals surface area contributed by atoms with Crippen molar-refractivity contribution in [1.29, 1.82) is 0 Å². The van der Waals surface area contributed by atoms with Gasteiger partial charge in [0.25, 0.3) is 0 Å². The number of anilines is 1. The van der Waals surface area contributed by atoms with Crippen LogP contribution >= 0.6 is 0 Å². The van der Waals surface area contributed by atoms with Crippen LogP contribution in [0.4, 0.5) is 5.69 Å². The van der Waals surface area contributed by atoms with Crippen molar-refractivity contribution in [2.24, 2.45) is 0 Å². The number of nitrogens with one attached hydrogen (secondary N) is 1. The summed E-state index contributed by atoms with van der Waals surface area (Å²) in [5.74, 6) is 0.503. The lowest BCUT2D eigenvalue weighted by Crippen LogP contribution is -2.12.